The molecule has 1 heterocycles. The predicted molar refractivity (Wildman–Crippen MR) is 110 cm³/mol. The molecule has 0 saturated heterocycles. The zero-order valence-corrected chi connectivity index (χ0v) is 17.0. The van der Waals surface area contributed by atoms with Crippen LogP contribution in [0.1, 0.15) is 53.2 Å². The van der Waals surface area contributed by atoms with Crippen LogP contribution in [-0.4, -0.2) is 29.9 Å². The van der Waals surface area contributed by atoms with E-state index in [0.29, 0.717) is 31.0 Å². The molecule has 1 fully saturated rings. The van der Waals surface area contributed by atoms with Crippen LogP contribution in [0, 0.1) is 12.8 Å². The summed E-state index contributed by atoms with van der Waals surface area (Å²) in [6, 6.07) is 7.08. The molecule has 3 rings (SSSR count). The van der Waals surface area contributed by atoms with Crippen LogP contribution in [0.4, 0.5) is 0 Å². The topological polar surface area (TPSA) is 80.3 Å². The Balaban J connectivity index is 1.40. The molecule has 1 aromatic heterocycles. The minimum Gasteiger partial charge on any atom is -0.487 e. The van der Waals surface area contributed by atoms with Crippen molar-refractivity contribution in [2.75, 3.05) is 13.1 Å². The number of benzene rings is 1. The van der Waals surface area contributed by atoms with Crippen LogP contribution < -0.4 is 15.4 Å². The lowest BCUT2D eigenvalue weighted by Crippen LogP contribution is -2.38. The molecule has 1 aromatic carbocycles. The number of aryl methyl sites for hydroxylation is 1. The summed E-state index contributed by atoms with van der Waals surface area (Å²) >= 11 is 1.58. The smallest absolute Gasteiger partial charge is 0.251 e. The third-order valence-corrected chi connectivity index (χ3v) is 5.66. The minimum atomic E-state index is -0.179. The zero-order chi connectivity index (χ0) is 19.8. The second-order valence-electron chi connectivity index (χ2n) is 7.06. The number of thiazole rings is 1. The van der Waals surface area contributed by atoms with E-state index >= 15 is 0 Å². The molecule has 0 bridgehead atoms. The molecule has 28 heavy (non-hydrogen) atoms. The van der Waals surface area contributed by atoms with E-state index in [9.17, 15) is 9.59 Å². The maximum atomic E-state index is 12.3. The van der Waals surface area contributed by atoms with Crippen molar-refractivity contribution in [2.45, 2.75) is 45.6 Å². The number of rotatable bonds is 8. The molecule has 6 nitrogen and oxygen atoms in total. The van der Waals surface area contributed by atoms with Crippen LogP contribution >= 0.6 is 11.3 Å². The zero-order valence-electron chi connectivity index (χ0n) is 16.2. The quantitative estimate of drug-likeness (QED) is 0.664. The Morgan fingerprint density at radius 3 is 2.71 bits per heavy atom. The van der Waals surface area contributed by atoms with E-state index in [1.807, 2.05) is 18.4 Å². The van der Waals surface area contributed by atoms with Gasteiger partial charge in [0, 0.05) is 30.0 Å². The first-order valence-electron chi connectivity index (χ1n) is 9.81. The van der Waals surface area contributed by atoms with Gasteiger partial charge in [-0.15, -0.1) is 11.3 Å². The van der Waals surface area contributed by atoms with Crippen molar-refractivity contribution in [3.8, 4) is 5.75 Å². The highest BCUT2D eigenvalue weighted by Crippen LogP contribution is 2.23. The number of nitrogens with one attached hydrogen (secondary N) is 2. The molecule has 2 aromatic rings. The number of carbonyl (C=O) groups is 2. The Bertz CT molecular complexity index is 800. The summed E-state index contributed by atoms with van der Waals surface area (Å²) in [5.74, 6) is 0.701. The maximum absolute atomic E-state index is 12.3. The third-order valence-electron chi connectivity index (χ3n) is 4.84. The van der Waals surface area contributed by atoms with Gasteiger partial charge in [-0.3, -0.25) is 9.59 Å². The second kappa shape index (κ2) is 10.2. The number of aromatic nitrogens is 1. The van der Waals surface area contributed by atoms with Gasteiger partial charge in [0.2, 0.25) is 5.91 Å². The van der Waals surface area contributed by atoms with Gasteiger partial charge in [-0.05, 0) is 38.0 Å². The number of ether oxygens (including phenoxy) is 1. The average molecular weight is 402 g/mol. The molecule has 1 aliphatic carbocycles. The van der Waals surface area contributed by atoms with E-state index in [4.69, 9.17) is 4.74 Å². The lowest BCUT2D eigenvalue weighted by Gasteiger charge is -2.20. The van der Waals surface area contributed by atoms with Crippen LogP contribution in [0.25, 0.3) is 0 Å². The van der Waals surface area contributed by atoms with E-state index in [0.717, 1.165) is 36.4 Å². The first-order valence-corrected chi connectivity index (χ1v) is 10.7. The fourth-order valence-electron chi connectivity index (χ4n) is 3.33. The molecule has 1 aliphatic rings. The van der Waals surface area contributed by atoms with Gasteiger partial charge < -0.3 is 15.4 Å². The fraction of sp³-hybridized carbons (Fsp3) is 0.476. The molecular formula is C21H27N3O3S. The predicted octanol–water partition coefficient (Wildman–Crippen LogP) is 3.46. The fourth-order valence-corrected chi connectivity index (χ4v) is 3.93. The molecular weight excluding hydrogens is 374 g/mol. The van der Waals surface area contributed by atoms with Crippen LogP contribution in [0.5, 0.6) is 5.75 Å². The van der Waals surface area contributed by atoms with Gasteiger partial charge in [0.15, 0.2) is 0 Å². The summed E-state index contributed by atoms with van der Waals surface area (Å²) in [4.78, 5) is 28.8. The monoisotopic (exact) mass is 401 g/mol. The summed E-state index contributed by atoms with van der Waals surface area (Å²) < 4.78 is 5.73. The molecule has 0 radical (unpaired) electrons. The lowest BCUT2D eigenvalue weighted by molar-refractivity contribution is -0.125. The Morgan fingerprint density at radius 2 is 1.96 bits per heavy atom. The lowest BCUT2D eigenvalue weighted by atomic mass is 9.89. The molecule has 0 atom stereocenters. The van der Waals surface area contributed by atoms with Crippen LogP contribution in [0.15, 0.2) is 29.6 Å². The molecule has 0 spiro atoms. The number of carbonyl (C=O) groups excluding carboxylic acids is 2. The van der Waals surface area contributed by atoms with Crippen molar-refractivity contribution in [3.05, 3.63) is 45.9 Å². The van der Waals surface area contributed by atoms with Crippen molar-refractivity contribution in [1.29, 1.82) is 0 Å². The molecule has 2 amide bonds. The van der Waals surface area contributed by atoms with Crippen LogP contribution in [-0.2, 0) is 11.4 Å². The van der Waals surface area contributed by atoms with Gasteiger partial charge >= 0.3 is 0 Å². The second-order valence-corrected chi connectivity index (χ2v) is 8.12. The van der Waals surface area contributed by atoms with Crippen LogP contribution in [0.2, 0.25) is 0 Å². The summed E-state index contributed by atoms with van der Waals surface area (Å²) in [5, 5.41) is 8.74. The van der Waals surface area contributed by atoms with E-state index in [2.05, 4.69) is 15.6 Å². The largest absolute Gasteiger partial charge is 0.487 e. The molecule has 150 valence electrons. The molecule has 2 N–H and O–H groups in total. The summed E-state index contributed by atoms with van der Waals surface area (Å²) in [6.45, 7) is 3.18. The third kappa shape index (κ3) is 6.05. The molecule has 0 unspecified atom stereocenters. The van der Waals surface area contributed by atoms with Crippen molar-refractivity contribution >= 4 is 23.2 Å². The van der Waals surface area contributed by atoms with Crippen molar-refractivity contribution in [3.63, 3.8) is 0 Å². The average Bonchev–Trinajstić information content (AvgIpc) is 3.15. The van der Waals surface area contributed by atoms with E-state index in [1.165, 1.54) is 6.42 Å². The Hall–Kier alpha value is -2.41. The van der Waals surface area contributed by atoms with Gasteiger partial charge in [-0.25, -0.2) is 4.98 Å². The van der Waals surface area contributed by atoms with Crippen molar-refractivity contribution in [2.24, 2.45) is 5.92 Å². The highest BCUT2D eigenvalue weighted by atomic mass is 32.1. The van der Waals surface area contributed by atoms with Crippen LogP contribution in [0.3, 0.4) is 0 Å². The number of hydrogen-bond donors (Lipinski definition) is 2. The first kappa shape index (κ1) is 20.3. The van der Waals surface area contributed by atoms with Gasteiger partial charge in [0.05, 0.1) is 10.7 Å². The number of hydrogen-bond acceptors (Lipinski definition) is 5. The minimum absolute atomic E-state index is 0.113. The highest BCUT2D eigenvalue weighted by molar-refractivity contribution is 7.09. The standard InChI is InChI=1S/C21H27N3O3S/c1-15-24-18(14-28-15)13-27-19-9-5-8-17(12-19)21(26)23-11-10-22-20(25)16-6-3-2-4-7-16/h5,8-9,12,14,16H,2-4,6-7,10-11,13H2,1H3,(H,22,25)(H,23,26). The molecule has 1 saturated carbocycles. The molecule has 7 heteroatoms. The van der Waals surface area contributed by atoms with Gasteiger partial charge in [0.1, 0.15) is 12.4 Å². The Labute approximate surface area is 169 Å². The summed E-state index contributed by atoms with van der Waals surface area (Å²) in [5.41, 5.74) is 1.41. The van der Waals surface area contributed by atoms with E-state index in [1.54, 1.807) is 29.5 Å². The van der Waals surface area contributed by atoms with Gasteiger partial charge in [-0.2, -0.15) is 0 Å². The number of amides is 2. The maximum Gasteiger partial charge on any atom is 0.251 e. The Kier molecular flexibility index (Phi) is 7.42. The SMILES string of the molecule is Cc1nc(COc2cccc(C(=O)NCCNC(=O)C3CCCCC3)c2)cs1. The number of nitrogens with zero attached hydrogens (tertiary/aromatic N) is 1. The van der Waals surface area contributed by atoms with E-state index in [-0.39, 0.29) is 17.7 Å². The first-order chi connectivity index (χ1) is 13.6. The highest BCUT2D eigenvalue weighted by Gasteiger charge is 2.20. The molecule has 0 aliphatic heterocycles. The van der Waals surface area contributed by atoms with Gasteiger partial charge in [0.25, 0.3) is 5.91 Å². The van der Waals surface area contributed by atoms with Crippen molar-refractivity contribution in [1.82, 2.24) is 15.6 Å². The Morgan fingerprint density at radius 1 is 1.18 bits per heavy atom. The summed E-state index contributed by atoms with van der Waals surface area (Å²) in [6.07, 6.45) is 5.45. The summed E-state index contributed by atoms with van der Waals surface area (Å²) in [7, 11) is 0. The van der Waals surface area contributed by atoms with Crippen molar-refractivity contribution < 1.29 is 14.3 Å². The van der Waals surface area contributed by atoms with Gasteiger partial charge in [-0.1, -0.05) is 25.3 Å². The van der Waals surface area contributed by atoms with E-state index < -0.39 is 0 Å². The normalized spacial score (nSPS) is 14.5.